The van der Waals surface area contributed by atoms with Crippen molar-refractivity contribution in [3.8, 4) is 0 Å². The Kier molecular flexibility index (Phi) is 5.68. The summed E-state index contributed by atoms with van der Waals surface area (Å²) in [6.45, 7) is 5.81. The number of aryl methyl sites for hydroxylation is 1. The highest BCUT2D eigenvalue weighted by Gasteiger charge is 2.23. The second-order valence-corrected chi connectivity index (χ2v) is 5.31. The molecule has 2 N–H and O–H groups in total. The van der Waals surface area contributed by atoms with Crippen LogP contribution in [0.3, 0.4) is 0 Å². The highest BCUT2D eigenvalue weighted by Crippen LogP contribution is 2.11. The van der Waals surface area contributed by atoms with Crippen LogP contribution in [-0.4, -0.2) is 52.5 Å². The molecule has 1 aliphatic heterocycles. The Morgan fingerprint density at radius 2 is 1.86 bits per heavy atom. The number of urea groups is 1. The maximum absolute atomic E-state index is 12.1. The van der Waals surface area contributed by atoms with Gasteiger partial charge in [0, 0.05) is 44.5 Å². The van der Waals surface area contributed by atoms with Crippen LogP contribution in [0.4, 0.5) is 4.79 Å². The molecule has 1 aromatic heterocycles. The maximum atomic E-state index is 12.1. The zero-order valence-corrected chi connectivity index (χ0v) is 13.1. The largest absolute Gasteiger partial charge is 0.349 e. The number of hydrogen-bond donors (Lipinski definition) is 2. The van der Waals surface area contributed by atoms with E-state index in [9.17, 15) is 9.59 Å². The van der Waals surface area contributed by atoms with Crippen molar-refractivity contribution in [3.63, 3.8) is 0 Å². The van der Waals surface area contributed by atoms with Gasteiger partial charge in [-0.25, -0.2) is 14.8 Å². The number of carbonyl (C=O) groups is 2. The first-order chi connectivity index (χ1) is 10.6. The fourth-order valence-corrected chi connectivity index (χ4v) is 2.41. The lowest BCUT2D eigenvalue weighted by Gasteiger charge is -2.32. The van der Waals surface area contributed by atoms with Crippen molar-refractivity contribution in [2.75, 3.05) is 19.6 Å². The minimum atomic E-state index is -0.154. The van der Waals surface area contributed by atoms with Crippen molar-refractivity contribution < 1.29 is 9.59 Å². The molecule has 2 rings (SSSR count). The highest BCUT2D eigenvalue weighted by molar-refractivity contribution is 5.93. The molecule has 7 nitrogen and oxygen atoms in total. The molecule has 2 heterocycles. The molecule has 0 unspecified atom stereocenters. The Balaban J connectivity index is 1.82. The van der Waals surface area contributed by atoms with E-state index >= 15 is 0 Å². The molecule has 3 amide bonds. The normalized spacial score (nSPS) is 15.5. The lowest BCUT2D eigenvalue weighted by atomic mass is 10.0. The monoisotopic (exact) mass is 305 g/mol. The SMILES string of the molecule is CCNC(=O)N1CCC(NC(=O)c2cnc(CC)nc2)CC1. The van der Waals surface area contributed by atoms with Gasteiger partial charge in [0.1, 0.15) is 5.82 Å². The second-order valence-electron chi connectivity index (χ2n) is 5.31. The summed E-state index contributed by atoms with van der Waals surface area (Å²) < 4.78 is 0. The van der Waals surface area contributed by atoms with Crippen molar-refractivity contribution in [3.05, 3.63) is 23.8 Å². The number of nitrogens with one attached hydrogen (secondary N) is 2. The van der Waals surface area contributed by atoms with Crippen LogP contribution in [0.2, 0.25) is 0 Å². The smallest absolute Gasteiger partial charge is 0.317 e. The first-order valence-corrected chi connectivity index (χ1v) is 7.78. The van der Waals surface area contributed by atoms with Gasteiger partial charge < -0.3 is 15.5 Å². The predicted octanol–water partition coefficient (Wildman–Crippen LogP) is 0.963. The minimum Gasteiger partial charge on any atom is -0.349 e. The fourth-order valence-electron chi connectivity index (χ4n) is 2.41. The molecule has 120 valence electrons. The van der Waals surface area contributed by atoms with E-state index in [-0.39, 0.29) is 18.0 Å². The Bertz CT molecular complexity index is 509. The van der Waals surface area contributed by atoms with Gasteiger partial charge >= 0.3 is 6.03 Å². The van der Waals surface area contributed by atoms with E-state index < -0.39 is 0 Å². The van der Waals surface area contributed by atoms with E-state index in [1.807, 2.05) is 13.8 Å². The molecular weight excluding hydrogens is 282 g/mol. The number of rotatable bonds is 4. The molecular formula is C15H23N5O2. The van der Waals surface area contributed by atoms with Crippen molar-refractivity contribution in [2.45, 2.75) is 39.2 Å². The Hall–Kier alpha value is -2.18. The first kappa shape index (κ1) is 16.2. The number of piperidine rings is 1. The van der Waals surface area contributed by atoms with Crippen LogP contribution >= 0.6 is 0 Å². The molecule has 1 aromatic rings. The van der Waals surface area contributed by atoms with Gasteiger partial charge in [-0.1, -0.05) is 6.92 Å². The van der Waals surface area contributed by atoms with Crippen LogP contribution in [0.5, 0.6) is 0 Å². The number of likely N-dealkylation sites (tertiary alicyclic amines) is 1. The third-order valence-corrected chi connectivity index (χ3v) is 3.73. The van der Waals surface area contributed by atoms with Gasteiger partial charge in [0.05, 0.1) is 5.56 Å². The summed E-state index contributed by atoms with van der Waals surface area (Å²) in [5, 5.41) is 5.78. The van der Waals surface area contributed by atoms with Crippen molar-refractivity contribution in [1.29, 1.82) is 0 Å². The van der Waals surface area contributed by atoms with Crippen LogP contribution in [-0.2, 0) is 6.42 Å². The summed E-state index contributed by atoms with van der Waals surface area (Å²) in [6, 6.07) is 0.0554. The number of aromatic nitrogens is 2. The van der Waals surface area contributed by atoms with Crippen LogP contribution < -0.4 is 10.6 Å². The minimum absolute atomic E-state index is 0.0316. The van der Waals surface area contributed by atoms with Gasteiger partial charge in [0.2, 0.25) is 0 Å². The molecule has 0 aliphatic carbocycles. The zero-order chi connectivity index (χ0) is 15.9. The summed E-state index contributed by atoms with van der Waals surface area (Å²) in [6.07, 6.45) is 5.39. The van der Waals surface area contributed by atoms with Crippen LogP contribution in [0.25, 0.3) is 0 Å². The van der Waals surface area contributed by atoms with Gasteiger partial charge in [0.25, 0.3) is 5.91 Å². The molecule has 0 aromatic carbocycles. The van der Waals surface area contributed by atoms with Crippen molar-refractivity contribution >= 4 is 11.9 Å². The summed E-state index contributed by atoms with van der Waals surface area (Å²) in [5.41, 5.74) is 0.475. The van der Waals surface area contributed by atoms with Crippen LogP contribution in [0, 0.1) is 0 Å². The third-order valence-electron chi connectivity index (χ3n) is 3.73. The molecule has 0 atom stereocenters. The molecule has 0 bridgehead atoms. The predicted molar refractivity (Wildman–Crippen MR) is 82.5 cm³/mol. The van der Waals surface area contributed by atoms with Gasteiger partial charge in [-0.3, -0.25) is 4.79 Å². The average Bonchev–Trinajstić information content (AvgIpc) is 2.55. The van der Waals surface area contributed by atoms with Gasteiger partial charge in [0.15, 0.2) is 0 Å². The Labute approximate surface area is 130 Å². The Morgan fingerprint density at radius 1 is 1.23 bits per heavy atom. The number of carbonyl (C=O) groups excluding carboxylic acids is 2. The maximum Gasteiger partial charge on any atom is 0.317 e. The summed E-state index contributed by atoms with van der Waals surface area (Å²) >= 11 is 0. The highest BCUT2D eigenvalue weighted by atomic mass is 16.2. The second kappa shape index (κ2) is 7.72. The Morgan fingerprint density at radius 3 is 2.41 bits per heavy atom. The molecule has 0 radical (unpaired) electrons. The van der Waals surface area contributed by atoms with E-state index in [0.717, 1.165) is 25.1 Å². The summed E-state index contributed by atoms with van der Waals surface area (Å²) in [4.78, 5) is 33.9. The van der Waals surface area contributed by atoms with Gasteiger partial charge in [-0.05, 0) is 19.8 Å². The van der Waals surface area contributed by atoms with Gasteiger partial charge in [-0.2, -0.15) is 0 Å². The van der Waals surface area contributed by atoms with E-state index in [1.54, 1.807) is 17.3 Å². The summed E-state index contributed by atoms with van der Waals surface area (Å²) in [5.74, 6) is 0.575. The zero-order valence-electron chi connectivity index (χ0n) is 13.1. The van der Waals surface area contributed by atoms with E-state index in [2.05, 4.69) is 20.6 Å². The van der Waals surface area contributed by atoms with Crippen molar-refractivity contribution in [1.82, 2.24) is 25.5 Å². The fraction of sp³-hybridized carbons (Fsp3) is 0.600. The molecule has 0 spiro atoms. The molecule has 7 heteroatoms. The quantitative estimate of drug-likeness (QED) is 0.867. The number of amides is 3. The van der Waals surface area contributed by atoms with Gasteiger partial charge in [-0.15, -0.1) is 0 Å². The average molecular weight is 305 g/mol. The lowest BCUT2D eigenvalue weighted by Crippen LogP contribution is -2.49. The molecule has 1 fully saturated rings. The molecule has 1 aliphatic rings. The molecule has 1 saturated heterocycles. The standard InChI is InChI=1S/C15H23N5O2/c1-3-13-17-9-11(10-18-13)14(21)19-12-5-7-20(8-6-12)15(22)16-4-2/h9-10,12H,3-8H2,1-2H3,(H,16,22)(H,19,21). The number of nitrogens with zero attached hydrogens (tertiary/aromatic N) is 3. The molecule has 22 heavy (non-hydrogen) atoms. The van der Waals surface area contributed by atoms with E-state index in [1.165, 1.54) is 0 Å². The van der Waals surface area contributed by atoms with E-state index in [4.69, 9.17) is 0 Å². The van der Waals surface area contributed by atoms with Crippen LogP contribution in [0.1, 0.15) is 42.9 Å². The molecule has 0 saturated carbocycles. The first-order valence-electron chi connectivity index (χ1n) is 7.78. The number of hydrogen-bond acceptors (Lipinski definition) is 4. The van der Waals surface area contributed by atoms with Crippen LogP contribution in [0.15, 0.2) is 12.4 Å². The topological polar surface area (TPSA) is 87.2 Å². The van der Waals surface area contributed by atoms with E-state index in [0.29, 0.717) is 25.2 Å². The summed E-state index contributed by atoms with van der Waals surface area (Å²) in [7, 11) is 0. The van der Waals surface area contributed by atoms with Crippen molar-refractivity contribution in [2.24, 2.45) is 0 Å². The third kappa shape index (κ3) is 4.16. The lowest BCUT2D eigenvalue weighted by molar-refractivity contribution is 0.0917.